The van der Waals surface area contributed by atoms with E-state index in [-0.39, 0.29) is 22.5 Å². The van der Waals surface area contributed by atoms with Gasteiger partial charge in [-0.3, -0.25) is 15.0 Å². The molecule has 0 bridgehead atoms. The first-order valence-corrected chi connectivity index (χ1v) is 7.52. The minimum atomic E-state index is -0.955. The number of nitro benzene ring substituents is 1. The summed E-state index contributed by atoms with van der Waals surface area (Å²) in [6, 6.07) is 3.06. The molecule has 0 saturated heterocycles. The van der Waals surface area contributed by atoms with E-state index in [0.717, 1.165) is 30.2 Å². The number of esters is 1. The number of nitrogens with zero attached hydrogens (tertiary/aromatic N) is 2. The minimum absolute atomic E-state index is 0.0112. The van der Waals surface area contributed by atoms with Crippen molar-refractivity contribution in [1.29, 1.82) is 0 Å². The Morgan fingerprint density at radius 3 is 2.42 bits per heavy atom. The number of non-ortho nitro benzene ring substituents is 1. The number of benzene rings is 1. The van der Waals surface area contributed by atoms with E-state index < -0.39 is 28.7 Å². The lowest BCUT2D eigenvalue weighted by atomic mass is 9.85. The number of methoxy groups -OCH3 is 2. The fourth-order valence-corrected chi connectivity index (χ4v) is 2.89. The van der Waals surface area contributed by atoms with Gasteiger partial charge in [-0.1, -0.05) is 6.08 Å². The first-order chi connectivity index (χ1) is 12.2. The van der Waals surface area contributed by atoms with Crippen LogP contribution >= 0.6 is 0 Å². The molecule has 26 heavy (non-hydrogen) atoms. The number of carbonyl (C=O) groups is 2. The predicted molar refractivity (Wildman–Crippen MR) is 88.5 cm³/mol. The quantitative estimate of drug-likeness (QED) is 0.464. The monoisotopic (exact) mass is 364 g/mol. The number of allylic oxidation sites excluding steroid dienone is 3. The number of ether oxygens (including phenoxy) is 2. The average Bonchev–Trinajstić information content (AvgIpc) is 2.60. The SMILES string of the molecule is COC(=O)C1=C(C)N(C(=O)OC)C(C)=CC1c1cc([N+](=O)[O-])ccc1F. The summed E-state index contributed by atoms with van der Waals surface area (Å²) >= 11 is 0. The van der Waals surface area contributed by atoms with E-state index in [9.17, 15) is 24.1 Å². The van der Waals surface area contributed by atoms with Crippen molar-refractivity contribution in [2.24, 2.45) is 0 Å². The molecule has 138 valence electrons. The molecule has 0 radical (unpaired) electrons. The van der Waals surface area contributed by atoms with Gasteiger partial charge in [-0.2, -0.15) is 0 Å². The van der Waals surface area contributed by atoms with E-state index in [0.29, 0.717) is 5.70 Å². The number of hydrogen-bond acceptors (Lipinski definition) is 6. The molecule has 1 aliphatic heterocycles. The summed E-state index contributed by atoms with van der Waals surface area (Å²) in [6.45, 7) is 3.07. The lowest BCUT2D eigenvalue weighted by molar-refractivity contribution is -0.385. The molecule has 1 aromatic carbocycles. The second-order valence-corrected chi connectivity index (χ2v) is 5.54. The number of halogens is 1. The predicted octanol–water partition coefficient (Wildman–Crippen LogP) is 3.25. The van der Waals surface area contributed by atoms with Crippen LogP contribution in [0.15, 0.2) is 41.2 Å². The summed E-state index contributed by atoms with van der Waals surface area (Å²) < 4.78 is 23.9. The van der Waals surface area contributed by atoms with E-state index in [1.54, 1.807) is 6.92 Å². The van der Waals surface area contributed by atoms with Gasteiger partial charge in [0.05, 0.1) is 24.7 Å². The number of carbonyl (C=O) groups excluding carboxylic acids is 2. The largest absolute Gasteiger partial charge is 0.466 e. The van der Waals surface area contributed by atoms with E-state index in [4.69, 9.17) is 9.47 Å². The van der Waals surface area contributed by atoms with Gasteiger partial charge in [0.25, 0.3) is 5.69 Å². The Kier molecular flexibility index (Phi) is 5.39. The Labute approximate surface area is 148 Å². The second-order valence-electron chi connectivity index (χ2n) is 5.54. The maximum absolute atomic E-state index is 14.4. The van der Waals surface area contributed by atoms with E-state index in [1.807, 2.05) is 0 Å². The van der Waals surface area contributed by atoms with Crippen LogP contribution in [-0.4, -0.2) is 36.1 Å². The third-order valence-corrected chi connectivity index (χ3v) is 4.08. The molecule has 1 amide bonds. The number of hydrogen-bond donors (Lipinski definition) is 0. The van der Waals surface area contributed by atoms with Crippen molar-refractivity contribution in [2.45, 2.75) is 19.8 Å². The molecule has 1 heterocycles. The summed E-state index contributed by atoms with van der Waals surface area (Å²) in [7, 11) is 2.34. The Morgan fingerprint density at radius 1 is 1.23 bits per heavy atom. The molecule has 1 atom stereocenters. The van der Waals surface area contributed by atoms with Gasteiger partial charge in [0.1, 0.15) is 5.82 Å². The molecule has 0 aromatic heterocycles. The van der Waals surface area contributed by atoms with Crippen molar-refractivity contribution >= 4 is 17.7 Å². The van der Waals surface area contributed by atoms with Crippen molar-refractivity contribution in [3.63, 3.8) is 0 Å². The van der Waals surface area contributed by atoms with Gasteiger partial charge in [-0.05, 0) is 19.9 Å². The molecule has 1 unspecified atom stereocenters. The van der Waals surface area contributed by atoms with Gasteiger partial charge in [0, 0.05) is 35.0 Å². The van der Waals surface area contributed by atoms with Gasteiger partial charge < -0.3 is 9.47 Å². The van der Waals surface area contributed by atoms with Crippen molar-refractivity contribution in [3.05, 3.63) is 62.7 Å². The maximum Gasteiger partial charge on any atom is 0.418 e. The molecule has 1 aromatic rings. The van der Waals surface area contributed by atoms with Crippen molar-refractivity contribution in [2.75, 3.05) is 14.2 Å². The number of nitro groups is 1. The summed E-state index contributed by atoms with van der Waals surface area (Å²) in [6.07, 6.45) is 0.730. The fourth-order valence-electron chi connectivity index (χ4n) is 2.89. The van der Waals surface area contributed by atoms with Gasteiger partial charge in [0.2, 0.25) is 0 Å². The van der Waals surface area contributed by atoms with Crippen LogP contribution < -0.4 is 0 Å². The third-order valence-electron chi connectivity index (χ3n) is 4.08. The smallest absolute Gasteiger partial charge is 0.418 e. The van der Waals surface area contributed by atoms with Crippen LogP contribution in [0.5, 0.6) is 0 Å². The summed E-state index contributed by atoms with van der Waals surface area (Å²) in [5.74, 6) is -2.45. The van der Waals surface area contributed by atoms with E-state index in [1.165, 1.54) is 20.1 Å². The molecule has 2 rings (SSSR count). The molecule has 0 fully saturated rings. The van der Waals surface area contributed by atoms with Crippen molar-refractivity contribution < 1.29 is 28.4 Å². The van der Waals surface area contributed by atoms with Crippen LogP contribution in [0.3, 0.4) is 0 Å². The highest BCUT2D eigenvalue weighted by molar-refractivity contribution is 5.93. The fraction of sp³-hybridized carbons (Fsp3) is 0.294. The van der Waals surface area contributed by atoms with Gasteiger partial charge in [-0.25, -0.2) is 14.0 Å². The molecule has 0 spiro atoms. The van der Waals surface area contributed by atoms with Crippen molar-refractivity contribution in [1.82, 2.24) is 4.90 Å². The highest BCUT2D eigenvalue weighted by Crippen LogP contribution is 2.39. The van der Waals surface area contributed by atoms with Crippen molar-refractivity contribution in [3.8, 4) is 0 Å². The zero-order valence-corrected chi connectivity index (χ0v) is 14.6. The zero-order chi connectivity index (χ0) is 19.6. The highest BCUT2D eigenvalue weighted by atomic mass is 19.1. The van der Waals surface area contributed by atoms with Crippen LogP contribution in [0.1, 0.15) is 25.3 Å². The average molecular weight is 364 g/mol. The molecule has 0 N–H and O–H groups in total. The Hall–Kier alpha value is -3.23. The van der Waals surface area contributed by atoms with E-state index >= 15 is 0 Å². The van der Waals surface area contributed by atoms with Crippen LogP contribution in [-0.2, 0) is 14.3 Å². The van der Waals surface area contributed by atoms with E-state index in [2.05, 4.69) is 0 Å². The molecule has 0 saturated carbocycles. The van der Waals surface area contributed by atoms with Crippen LogP contribution in [0.25, 0.3) is 0 Å². The molecular formula is C17H17FN2O6. The Morgan fingerprint density at radius 2 is 1.88 bits per heavy atom. The molecule has 0 aliphatic carbocycles. The summed E-state index contributed by atoms with van der Waals surface area (Å²) in [4.78, 5) is 35.8. The van der Waals surface area contributed by atoms with Crippen LogP contribution in [0, 0.1) is 15.9 Å². The van der Waals surface area contributed by atoms with Gasteiger partial charge in [-0.15, -0.1) is 0 Å². The lowest BCUT2D eigenvalue weighted by Crippen LogP contribution is -2.34. The van der Waals surface area contributed by atoms with Gasteiger partial charge >= 0.3 is 12.1 Å². The topological polar surface area (TPSA) is 99.0 Å². The first kappa shape index (κ1) is 19.1. The van der Waals surface area contributed by atoms with Gasteiger partial charge in [0.15, 0.2) is 0 Å². The number of rotatable bonds is 3. The molecule has 1 aliphatic rings. The highest BCUT2D eigenvalue weighted by Gasteiger charge is 2.35. The minimum Gasteiger partial charge on any atom is -0.466 e. The first-order valence-electron chi connectivity index (χ1n) is 7.52. The summed E-state index contributed by atoms with van der Waals surface area (Å²) in [5, 5.41) is 11.0. The maximum atomic E-state index is 14.4. The normalized spacial score (nSPS) is 16.9. The molecule has 9 heteroatoms. The Bertz CT molecular complexity index is 846. The number of amides is 1. The zero-order valence-electron chi connectivity index (χ0n) is 14.6. The second kappa shape index (κ2) is 7.34. The standard InChI is InChI=1S/C17H17FN2O6/c1-9-7-13(12-8-11(20(23)24)5-6-14(12)18)15(16(21)25-3)10(2)19(9)17(22)26-4/h5-8,13H,1-4H3. The lowest BCUT2D eigenvalue weighted by Gasteiger charge is -2.32. The van der Waals surface area contributed by atoms with Crippen LogP contribution in [0.2, 0.25) is 0 Å². The molecular weight excluding hydrogens is 347 g/mol. The molecule has 8 nitrogen and oxygen atoms in total. The van der Waals surface area contributed by atoms with Crippen LogP contribution in [0.4, 0.5) is 14.9 Å². The summed E-state index contributed by atoms with van der Waals surface area (Å²) in [5.41, 5.74) is 0.188. The Balaban J connectivity index is 2.70. The third kappa shape index (κ3) is 3.28.